The van der Waals surface area contributed by atoms with Crippen LogP contribution in [0.2, 0.25) is 0 Å². The number of amides is 1. The minimum Gasteiger partial charge on any atom is -0.460 e. The number of nitrogens with zero attached hydrogens (tertiary/aromatic N) is 2. The van der Waals surface area contributed by atoms with E-state index >= 15 is 0 Å². The molecule has 8 heteroatoms. The molecule has 1 aromatic heterocycles. The summed E-state index contributed by atoms with van der Waals surface area (Å²) in [5.41, 5.74) is 1.98. The largest absolute Gasteiger partial charge is 0.460 e. The fourth-order valence-corrected chi connectivity index (χ4v) is 4.43. The van der Waals surface area contributed by atoms with E-state index in [9.17, 15) is 9.59 Å². The summed E-state index contributed by atoms with van der Waals surface area (Å²) in [5.74, 6) is -0.353. The van der Waals surface area contributed by atoms with Gasteiger partial charge in [0.05, 0.1) is 12.2 Å². The highest BCUT2D eigenvalue weighted by Crippen LogP contribution is 2.29. The highest BCUT2D eigenvalue weighted by atomic mass is 32.1. The number of thiazole rings is 1. The van der Waals surface area contributed by atoms with Crippen LogP contribution >= 0.6 is 11.3 Å². The molecule has 0 saturated carbocycles. The van der Waals surface area contributed by atoms with Gasteiger partial charge in [-0.2, -0.15) is 0 Å². The zero-order valence-electron chi connectivity index (χ0n) is 15.6. The number of esters is 1. The zero-order chi connectivity index (χ0) is 19.3. The number of nitrogens with one attached hydrogen (secondary N) is 1. The van der Waals surface area contributed by atoms with Crippen LogP contribution in [0.15, 0.2) is 30.3 Å². The molecule has 1 fully saturated rings. The quantitative estimate of drug-likeness (QED) is 0.749. The molecule has 0 bridgehead atoms. The minimum atomic E-state index is -0.364. The third-order valence-electron chi connectivity index (χ3n) is 4.86. The molecule has 3 heterocycles. The lowest BCUT2D eigenvalue weighted by Gasteiger charge is -2.24. The van der Waals surface area contributed by atoms with Gasteiger partial charge in [0.25, 0.3) is 5.91 Å². The van der Waals surface area contributed by atoms with Gasteiger partial charge in [0, 0.05) is 31.0 Å². The van der Waals surface area contributed by atoms with Crippen LogP contribution in [0.25, 0.3) is 0 Å². The van der Waals surface area contributed by atoms with E-state index in [4.69, 9.17) is 9.47 Å². The summed E-state index contributed by atoms with van der Waals surface area (Å²) in [7, 11) is 0. The molecule has 1 aromatic carbocycles. The second-order valence-electron chi connectivity index (χ2n) is 6.99. The van der Waals surface area contributed by atoms with Crippen molar-refractivity contribution in [2.75, 3.05) is 25.0 Å². The van der Waals surface area contributed by atoms with E-state index in [2.05, 4.69) is 15.2 Å². The van der Waals surface area contributed by atoms with Gasteiger partial charge >= 0.3 is 5.97 Å². The number of carbonyl (C=O) groups excluding carboxylic acids is 2. The molecule has 1 N–H and O–H groups in total. The summed E-state index contributed by atoms with van der Waals surface area (Å²) in [6, 6.07) is 9.65. The van der Waals surface area contributed by atoms with Crippen LogP contribution in [0.4, 0.5) is 5.13 Å². The number of aromatic nitrogens is 1. The Morgan fingerprint density at radius 3 is 2.96 bits per heavy atom. The van der Waals surface area contributed by atoms with Crippen molar-refractivity contribution in [3.63, 3.8) is 0 Å². The Hall–Kier alpha value is -2.29. The normalized spacial score (nSPS) is 19.2. The summed E-state index contributed by atoms with van der Waals surface area (Å²) in [5, 5.41) is 3.48. The topological polar surface area (TPSA) is 80.8 Å². The van der Waals surface area contributed by atoms with E-state index in [1.54, 1.807) is 0 Å². The van der Waals surface area contributed by atoms with E-state index in [1.165, 1.54) is 11.3 Å². The maximum Gasteiger partial charge on any atom is 0.320 e. The van der Waals surface area contributed by atoms with Crippen LogP contribution in [-0.2, 0) is 38.6 Å². The lowest BCUT2D eigenvalue weighted by molar-refractivity contribution is -0.146. The molecule has 2 aliphatic heterocycles. The van der Waals surface area contributed by atoms with Crippen molar-refractivity contribution in [3.05, 3.63) is 46.5 Å². The van der Waals surface area contributed by atoms with Crippen molar-refractivity contribution in [3.8, 4) is 0 Å². The highest BCUT2D eigenvalue weighted by Gasteiger charge is 2.26. The molecule has 0 radical (unpaired) electrons. The van der Waals surface area contributed by atoms with Gasteiger partial charge in [-0.25, -0.2) is 4.98 Å². The summed E-state index contributed by atoms with van der Waals surface area (Å²) in [6.45, 7) is 2.57. The van der Waals surface area contributed by atoms with Crippen molar-refractivity contribution in [1.29, 1.82) is 0 Å². The van der Waals surface area contributed by atoms with Gasteiger partial charge in [-0.05, 0) is 18.4 Å². The molecular formula is C20H23N3O4S. The Labute approximate surface area is 167 Å². The number of rotatable bonds is 6. The van der Waals surface area contributed by atoms with Gasteiger partial charge in [-0.3, -0.25) is 19.8 Å². The molecule has 1 saturated heterocycles. The number of hydrogen-bond acceptors (Lipinski definition) is 7. The van der Waals surface area contributed by atoms with Gasteiger partial charge in [-0.15, -0.1) is 11.3 Å². The summed E-state index contributed by atoms with van der Waals surface area (Å²) < 4.78 is 10.8. The molecule has 148 valence electrons. The molecule has 4 rings (SSSR count). The third-order valence-corrected chi connectivity index (χ3v) is 5.86. The van der Waals surface area contributed by atoms with Crippen molar-refractivity contribution < 1.29 is 19.1 Å². The minimum absolute atomic E-state index is 0.120. The van der Waals surface area contributed by atoms with Crippen LogP contribution in [0.3, 0.4) is 0 Å². The summed E-state index contributed by atoms with van der Waals surface area (Å²) in [4.78, 5) is 32.0. The smallest absolute Gasteiger partial charge is 0.320 e. The van der Waals surface area contributed by atoms with Gasteiger partial charge in [0.15, 0.2) is 5.13 Å². The second kappa shape index (κ2) is 8.81. The molecule has 7 nitrogen and oxygen atoms in total. The monoisotopic (exact) mass is 401 g/mol. The molecule has 2 aromatic rings. The zero-order valence-corrected chi connectivity index (χ0v) is 16.4. The first-order valence-corrected chi connectivity index (χ1v) is 10.3. The Balaban J connectivity index is 1.27. The Morgan fingerprint density at radius 1 is 1.32 bits per heavy atom. The number of anilines is 1. The van der Waals surface area contributed by atoms with Crippen LogP contribution in [0, 0.1) is 0 Å². The maximum absolute atomic E-state index is 12.2. The van der Waals surface area contributed by atoms with Crippen molar-refractivity contribution in [2.24, 2.45) is 0 Å². The first-order chi connectivity index (χ1) is 13.7. The standard InChI is InChI=1S/C20H23N3O4S/c24-18(27-13-14-5-2-1-3-6-14)12-23-9-8-15-17(11-23)28-20(21-15)22-19(25)16-7-4-10-26-16/h1-3,5-6,16H,4,7-13H2,(H,21,22,25). The summed E-state index contributed by atoms with van der Waals surface area (Å²) >= 11 is 1.47. The molecule has 1 atom stereocenters. The predicted octanol–water partition coefficient (Wildman–Crippen LogP) is 2.36. The van der Waals surface area contributed by atoms with E-state index in [-0.39, 0.29) is 24.5 Å². The van der Waals surface area contributed by atoms with Crippen molar-refractivity contribution >= 4 is 28.3 Å². The fraction of sp³-hybridized carbons (Fsp3) is 0.450. The van der Waals surface area contributed by atoms with E-state index < -0.39 is 0 Å². The second-order valence-corrected chi connectivity index (χ2v) is 8.07. The van der Waals surface area contributed by atoms with E-state index in [1.807, 2.05) is 30.3 Å². The number of carbonyl (C=O) groups is 2. The molecule has 0 spiro atoms. The number of benzene rings is 1. The van der Waals surface area contributed by atoms with Gasteiger partial charge in [-0.1, -0.05) is 30.3 Å². The fourth-order valence-electron chi connectivity index (χ4n) is 3.37. The first-order valence-electron chi connectivity index (χ1n) is 9.50. The number of fused-ring (bicyclic) bond motifs is 1. The molecular weight excluding hydrogens is 378 g/mol. The lowest BCUT2D eigenvalue weighted by atomic mass is 10.2. The van der Waals surface area contributed by atoms with Crippen molar-refractivity contribution in [2.45, 2.75) is 38.5 Å². The molecule has 0 aliphatic carbocycles. The van der Waals surface area contributed by atoms with Gasteiger partial charge in [0.1, 0.15) is 12.7 Å². The van der Waals surface area contributed by atoms with E-state index in [0.717, 1.165) is 41.9 Å². The Kier molecular flexibility index (Phi) is 5.99. The summed E-state index contributed by atoms with van der Waals surface area (Å²) in [6.07, 6.45) is 2.07. The maximum atomic E-state index is 12.2. The molecule has 2 aliphatic rings. The Morgan fingerprint density at radius 2 is 2.18 bits per heavy atom. The van der Waals surface area contributed by atoms with Gasteiger partial charge in [0.2, 0.25) is 0 Å². The molecule has 1 unspecified atom stereocenters. The number of ether oxygens (including phenoxy) is 2. The number of hydrogen-bond donors (Lipinski definition) is 1. The predicted molar refractivity (Wildman–Crippen MR) is 105 cm³/mol. The third kappa shape index (κ3) is 4.76. The molecule has 1 amide bonds. The highest BCUT2D eigenvalue weighted by molar-refractivity contribution is 7.15. The van der Waals surface area contributed by atoms with Crippen LogP contribution in [-0.4, -0.2) is 47.6 Å². The molecule has 28 heavy (non-hydrogen) atoms. The van der Waals surface area contributed by atoms with E-state index in [0.29, 0.717) is 24.9 Å². The average Bonchev–Trinajstić information content (AvgIpc) is 3.36. The average molecular weight is 401 g/mol. The SMILES string of the molecule is O=C(CN1CCc2nc(NC(=O)C3CCCO3)sc2C1)OCc1ccccc1. The van der Waals surface area contributed by atoms with Crippen molar-refractivity contribution in [1.82, 2.24) is 9.88 Å². The van der Waals surface area contributed by atoms with Crippen LogP contribution in [0.5, 0.6) is 0 Å². The first kappa shape index (κ1) is 19.0. The van der Waals surface area contributed by atoms with Crippen LogP contribution in [0.1, 0.15) is 29.0 Å². The lowest BCUT2D eigenvalue weighted by Crippen LogP contribution is -2.35. The van der Waals surface area contributed by atoms with Gasteiger partial charge < -0.3 is 9.47 Å². The van der Waals surface area contributed by atoms with Crippen LogP contribution < -0.4 is 5.32 Å². The Bertz CT molecular complexity index is 833.